The van der Waals surface area contributed by atoms with Gasteiger partial charge in [0, 0.05) is 20.0 Å². The van der Waals surface area contributed by atoms with Gasteiger partial charge in [-0.25, -0.2) is 17.5 Å². The van der Waals surface area contributed by atoms with E-state index in [9.17, 15) is 17.6 Å². The average Bonchev–Trinajstić information content (AvgIpc) is 2.24. The second kappa shape index (κ2) is 5.92. The lowest BCUT2D eigenvalue weighted by Gasteiger charge is -2.21. The monoisotopic (exact) mass is 274 g/mol. The molecule has 1 N–H and O–H groups in total. The number of nitrogens with one attached hydrogen (secondary N) is 1. The number of amides is 1. The van der Waals surface area contributed by atoms with E-state index in [0.29, 0.717) is 0 Å². The smallest absolute Gasteiger partial charge is 0.223 e. The third-order valence-corrected chi connectivity index (χ3v) is 2.95. The number of benzene rings is 1. The Kier molecular flexibility index (Phi) is 4.80. The maximum atomic E-state index is 13.5. The number of nitrogens with zero attached hydrogens (tertiary/aromatic N) is 1. The molecule has 18 heavy (non-hydrogen) atoms. The minimum atomic E-state index is -3.32. The van der Waals surface area contributed by atoms with Crippen LogP contribution in [0.15, 0.2) is 24.3 Å². The third kappa shape index (κ3) is 4.42. The molecular weight excluding hydrogens is 259 g/mol. The van der Waals surface area contributed by atoms with Crippen molar-refractivity contribution in [2.45, 2.75) is 6.92 Å². The zero-order chi connectivity index (χ0) is 13.8. The Morgan fingerprint density at radius 2 is 2.00 bits per heavy atom. The topological polar surface area (TPSA) is 66.5 Å². The van der Waals surface area contributed by atoms with Crippen LogP contribution < -0.4 is 9.62 Å². The van der Waals surface area contributed by atoms with Gasteiger partial charge < -0.3 is 4.90 Å². The number of halogens is 1. The molecule has 7 heteroatoms. The van der Waals surface area contributed by atoms with E-state index >= 15 is 0 Å². The predicted molar refractivity (Wildman–Crippen MR) is 67.3 cm³/mol. The van der Waals surface area contributed by atoms with Gasteiger partial charge in [-0.1, -0.05) is 12.1 Å². The van der Waals surface area contributed by atoms with Crippen LogP contribution in [0.1, 0.15) is 6.92 Å². The van der Waals surface area contributed by atoms with E-state index in [0.717, 1.165) is 6.26 Å². The highest BCUT2D eigenvalue weighted by Crippen LogP contribution is 2.18. The molecule has 0 bridgehead atoms. The molecule has 0 unspecified atom stereocenters. The molecule has 0 spiro atoms. The number of carbonyl (C=O) groups excluding carboxylic acids is 1. The number of carbonyl (C=O) groups is 1. The van der Waals surface area contributed by atoms with Crippen LogP contribution in [0.25, 0.3) is 0 Å². The number of para-hydroxylation sites is 1. The standard InChI is InChI=1S/C11H15FN2O3S/c1-9(15)14(8-7-13-18(2,16)17)11-6-4-3-5-10(11)12/h3-6,13H,7-8H2,1-2H3. The molecule has 100 valence electrons. The summed E-state index contributed by atoms with van der Waals surface area (Å²) >= 11 is 0. The molecule has 0 aliphatic rings. The number of hydrogen-bond donors (Lipinski definition) is 1. The van der Waals surface area contributed by atoms with Gasteiger partial charge in [0.05, 0.1) is 11.9 Å². The van der Waals surface area contributed by atoms with Gasteiger partial charge in [0.2, 0.25) is 15.9 Å². The molecule has 0 saturated heterocycles. The van der Waals surface area contributed by atoms with Crippen molar-refractivity contribution in [3.8, 4) is 0 Å². The summed E-state index contributed by atoms with van der Waals surface area (Å²) in [6.45, 7) is 1.41. The Bertz CT molecular complexity index is 531. The van der Waals surface area contributed by atoms with E-state index in [1.165, 1.54) is 30.0 Å². The van der Waals surface area contributed by atoms with Crippen LogP contribution >= 0.6 is 0 Å². The Labute approximate surface area is 106 Å². The van der Waals surface area contributed by atoms with Crippen molar-refractivity contribution in [1.82, 2.24) is 4.72 Å². The zero-order valence-electron chi connectivity index (χ0n) is 10.2. The molecule has 0 heterocycles. The number of hydrogen-bond acceptors (Lipinski definition) is 3. The lowest BCUT2D eigenvalue weighted by molar-refractivity contribution is -0.116. The molecular formula is C11H15FN2O3S. The molecule has 0 aliphatic carbocycles. The van der Waals surface area contributed by atoms with Crippen molar-refractivity contribution in [2.24, 2.45) is 0 Å². The highest BCUT2D eigenvalue weighted by molar-refractivity contribution is 7.88. The summed E-state index contributed by atoms with van der Waals surface area (Å²) < 4.78 is 37.6. The van der Waals surface area contributed by atoms with Crippen molar-refractivity contribution in [3.63, 3.8) is 0 Å². The van der Waals surface area contributed by atoms with Gasteiger partial charge in [0.25, 0.3) is 0 Å². The largest absolute Gasteiger partial charge is 0.309 e. The highest BCUT2D eigenvalue weighted by Gasteiger charge is 2.15. The number of anilines is 1. The van der Waals surface area contributed by atoms with Crippen molar-refractivity contribution in [3.05, 3.63) is 30.1 Å². The predicted octanol–water partition coefficient (Wildman–Crippen LogP) is 0.728. The van der Waals surface area contributed by atoms with Crippen LogP contribution in [0, 0.1) is 5.82 Å². The maximum absolute atomic E-state index is 13.5. The lowest BCUT2D eigenvalue weighted by Crippen LogP contribution is -2.37. The summed E-state index contributed by atoms with van der Waals surface area (Å²) in [5.74, 6) is -0.873. The Morgan fingerprint density at radius 1 is 1.39 bits per heavy atom. The van der Waals surface area contributed by atoms with Crippen molar-refractivity contribution < 1.29 is 17.6 Å². The first kappa shape index (κ1) is 14.6. The molecule has 0 saturated carbocycles. The van der Waals surface area contributed by atoms with Gasteiger partial charge in [-0.3, -0.25) is 4.79 Å². The summed E-state index contributed by atoms with van der Waals surface area (Å²) in [6.07, 6.45) is 1.02. The molecule has 0 aliphatic heterocycles. The summed E-state index contributed by atoms with van der Waals surface area (Å²) in [5, 5.41) is 0. The minimum Gasteiger partial charge on any atom is -0.309 e. The van der Waals surface area contributed by atoms with Gasteiger partial charge in [-0.05, 0) is 12.1 Å². The molecule has 5 nitrogen and oxygen atoms in total. The van der Waals surface area contributed by atoms with Crippen LogP contribution in [-0.2, 0) is 14.8 Å². The van der Waals surface area contributed by atoms with Crippen LogP contribution in [0.5, 0.6) is 0 Å². The summed E-state index contributed by atoms with van der Waals surface area (Å²) in [4.78, 5) is 12.6. The maximum Gasteiger partial charge on any atom is 0.223 e. The quantitative estimate of drug-likeness (QED) is 0.860. The van der Waals surface area contributed by atoms with Gasteiger partial charge in [0.15, 0.2) is 0 Å². The number of rotatable bonds is 5. The van der Waals surface area contributed by atoms with Crippen LogP contribution in [0.4, 0.5) is 10.1 Å². The minimum absolute atomic E-state index is 0.0345. The first-order valence-corrected chi connectivity index (χ1v) is 7.17. The van der Waals surface area contributed by atoms with Crippen molar-refractivity contribution >= 4 is 21.6 Å². The fourth-order valence-electron chi connectivity index (χ4n) is 1.46. The number of sulfonamides is 1. The van der Waals surface area contributed by atoms with Crippen molar-refractivity contribution in [2.75, 3.05) is 24.2 Å². The highest BCUT2D eigenvalue weighted by atomic mass is 32.2. The molecule has 1 rings (SSSR count). The van der Waals surface area contributed by atoms with E-state index in [4.69, 9.17) is 0 Å². The summed E-state index contributed by atoms with van der Waals surface area (Å²) in [6, 6.07) is 5.84. The fraction of sp³-hybridized carbons (Fsp3) is 0.364. The molecule has 1 aromatic rings. The summed E-state index contributed by atoms with van der Waals surface area (Å²) in [5.41, 5.74) is 0.139. The van der Waals surface area contributed by atoms with Crippen LogP contribution in [0.3, 0.4) is 0 Å². The van der Waals surface area contributed by atoms with Gasteiger partial charge in [-0.15, -0.1) is 0 Å². The fourth-order valence-corrected chi connectivity index (χ4v) is 1.92. The van der Waals surface area contributed by atoms with Gasteiger partial charge in [0.1, 0.15) is 5.82 Å². The Hall–Kier alpha value is -1.47. The normalized spacial score (nSPS) is 11.3. The lowest BCUT2D eigenvalue weighted by atomic mass is 10.2. The molecule has 0 atom stereocenters. The van der Waals surface area contributed by atoms with E-state index in [-0.39, 0.29) is 24.7 Å². The van der Waals surface area contributed by atoms with Gasteiger partial charge in [-0.2, -0.15) is 0 Å². The molecule has 0 radical (unpaired) electrons. The Morgan fingerprint density at radius 3 is 2.50 bits per heavy atom. The zero-order valence-corrected chi connectivity index (χ0v) is 11.0. The van der Waals surface area contributed by atoms with E-state index < -0.39 is 15.8 Å². The Balaban J connectivity index is 2.79. The van der Waals surface area contributed by atoms with Gasteiger partial charge >= 0.3 is 0 Å². The molecule has 0 aromatic heterocycles. The second-order valence-corrected chi connectivity index (χ2v) is 5.62. The average molecular weight is 274 g/mol. The molecule has 1 amide bonds. The molecule has 0 fully saturated rings. The van der Waals surface area contributed by atoms with Crippen LogP contribution in [-0.4, -0.2) is 33.7 Å². The first-order valence-electron chi connectivity index (χ1n) is 5.28. The third-order valence-electron chi connectivity index (χ3n) is 2.22. The first-order chi connectivity index (χ1) is 8.31. The van der Waals surface area contributed by atoms with E-state index in [1.807, 2.05) is 0 Å². The summed E-state index contributed by atoms with van der Waals surface area (Å²) in [7, 11) is -3.32. The SMILES string of the molecule is CC(=O)N(CCNS(C)(=O)=O)c1ccccc1F. The van der Waals surface area contributed by atoms with Crippen LogP contribution in [0.2, 0.25) is 0 Å². The van der Waals surface area contributed by atoms with E-state index in [1.54, 1.807) is 6.07 Å². The molecule has 1 aromatic carbocycles. The van der Waals surface area contributed by atoms with Crippen molar-refractivity contribution in [1.29, 1.82) is 0 Å². The second-order valence-electron chi connectivity index (χ2n) is 3.79. The van der Waals surface area contributed by atoms with E-state index in [2.05, 4.69) is 4.72 Å².